The maximum Gasteiger partial charge on any atom is 0.408 e. The molecule has 0 aromatic rings. The Labute approximate surface area is 207 Å². The Hall–Kier alpha value is -2.42. The fourth-order valence-electron chi connectivity index (χ4n) is 5.18. The fraction of sp³-hybridized carbons (Fsp3) is 0.769. The molecular formula is C26H40N2O7. The summed E-state index contributed by atoms with van der Waals surface area (Å²) in [5.74, 6) is -2.90. The van der Waals surface area contributed by atoms with Crippen LogP contribution in [0.25, 0.3) is 0 Å². The molecule has 196 valence electrons. The molecule has 0 bridgehead atoms. The largest absolute Gasteiger partial charge is 0.464 e. The Bertz CT molecular complexity index is 849. The van der Waals surface area contributed by atoms with E-state index in [-0.39, 0.29) is 31.1 Å². The minimum Gasteiger partial charge on any atom is -0.464 e. The van der Waals surface area contributed by atoms with E-state index in [1.54, 1.807) is 27.7 Å². The molecule has 3 N–H and O–H groups in total. The summed E-state index contributed by atoms with van der Waals surface area (Å²) in [6.07, 6.45) is 6.96. The number of aliphatic hydroxyl groups excluding tert-OH is 1. The van der Waals surface area contributed by atoms with Gasteiger partial charge in [0.05, 0.1) is 24.7 Å². The molecule has 0 aromatic heterocycles. The summed E-state index contributed by atoms with van der Waals surface area (Å²) < 4.78 is 10.6. The number of hydrogen-bond acceptors (Lipinski definition) is 7. The third-order valence-electron chi connectivity index (χ3n) is 7.01. The topological polar surface area (TPSA) is 131 Å². The second-order valence-corrected chi connectivity index (χ2v) is 11.0. The van der Waals surface area contributed by atoms with E-state index < -0.39 is 53.1 Å². The second-order valence-electron chi connectivity index (χ2n) is 11.0. The smallest absolute Gasteiger partial charge is 0.408 e. The van der Waals surface area contributed by atoms with Crippen LogP contribution < -0.4 is 10.6 Å². The summed E-state index contributed by atoms with van der Waals surface area (Å²) in [7, 11) is 0. The first kappa shape index (κ1) is 27.2. The molecule has 3 aliphatic rings. The Balaban J connectivity index is 1.84. The maximum atomic E-state index is 13.6. The molecule has 6 atom stereocenters. The molecule has 0 saturated heterocycles. The summed E-state index contributed by atoms with van der Waals surface area (Å²) >= 11 is 0. The number of hydrogen-bond donors (Lipinski definition) is 3. The summed E-state index contributed by atoms with van der Waals surface area (Å²) in [5.41, 5.74) is -1.84. The molecule has 3 rings (SSSR count). The van der Waals surface area contributed by atoms with E-state index in [0.717, 1.165) is 25.7 Å². The molecule has 35 heavy (non-hydrogen) atoms. The molecule has 1 heterocycles. The molecule has 9 nitrogen and oxygen atoms in total. The summed E-state index contributed by atoms with van der Waals surface area (Å²) in [4.78, 5) is 52.2. The first-order chi connectivity index (χ1) is 16.5. The van der Waals surface area contributed by atoms with Crippen molar-refractivity contribution in [1.29, 1.82) is 0 Å². The highest BCUT2D eigenvalue weighted by Crippen LogP contribution is 2.47. The third-order valence-corrected chi connectivity index (χ3v) is 7.01. The number of carbonyl (C=O) groups is 4. The van der Waals surface area contributed by atoms with Crippen LogP contribution in [0.1, 0.15) is 79.1 Å². The minimum atomic E-state index is -1.13. The molecule has 2 aliphatic carbocycles. The standard InChI is InChI=1S/C26H40N2O7/c1-5-34-23(32)26-15-16(26)11-9-7-6-8-10-12-20(27-24(33)35-25(2,3)4)21(30)18-13-17(29)14-19(18)22(31)28-26/h9,11,16-20,29H,5-8,10,12-15H2,1-4H3,(H,27,33)(H,28,31)/b11-9-/t16-,17-,18?,19+,20-,26+/m0/s1. The fourth-order valence-corrected chi connectivity index (χ4v) is 5.18. The van der Waals surface area contributed by atoms with Crippen LogP contribution in [0.15, 0.2) is 12.2 Å². The Kier molecular flexibility index (Phi) is 8.62. The number of ketones is 1. The van der Waals surface area contributed by atoms with E-state index in [9.17, 15) is 24.3 Å². The van der Waals surface area contributed by atoms with Gasteiger partial charge in [0.2, 0.25) is 5.91 Å². The van der Waals surface area contributed by atoms with Crippen molar-refractivity contribution in [2.24, 2.45) is 17.8 Å². The SMILES string of the molecule is CCOC(=O)[C@@]12C[C@@H]1/C=C\CCCCC[C@H](NC(=O)OC(C)(C)C)C(=O)C1C[C@H](O)C[C@H]1C(=O)N2. The predicted octanol–water partition coefficient (Wildman–Crippen LogP) is 2.79. The van der Waals surface area contributed by atoms with E-state index >= 15 is 0 Å². The number of ether oxygens (including phenoxy) is 2. The molecule has 2 amide bonds. The van der Waals surface area contributed by atoms with Gasteiger partial charge >= 0.3 is 12.1 Å². The summed E-state index contributed by atoms with van der Waals surface area (Å²) in [5, 5.41) is 16.0. The molecule has 9 heteroatoms. The number of carbonyl (C=O) groups excluding carboxylic acids is 4. The Morgan fingerprint density at radius 2 is 1.89 bits per heavy atom. The number of alkyl carbamates (subject to hydrolysis) is 1. The normalized spacial score (nSPS) is 34.8. The molecular weight excluding hydrogens is 452 g/mol. The van der Waals surface area contributed by atoms with Gasteiger partial charge in [-0.1, -0.05) is 25.0 Å². The number of aliphatic hydroxyl groups is 1. The first-order valence-corrected chi connectivity index (χ1v) is 12.8. The van der Waals surface area contributed by atoms with Gasteiger partial charge in [-0.2, -0.15) is 0 Å². The van der Waals surface area contributed by atoms with Gasteiger partial charge in [-0.3, -0.25) is 9.59 Å². The lowest BCUT2D eigenvalue weighted by Gasteiger charge is -2.27. The van der Waals surface area contributed by atoms with Crippen molar-refractivity contribution in [3.05, 3.63) is 12.2 Å². The minimum absolute atomic E-state index is 0.126. The number of rotatable bonds is 3. The highest BCUT2D eigenvalue weighted by atomic mass is 16.6. The number of nitrogens with one attached hydrogen (secondary N) is 2. The lowest BCUT2D eigenvalue weighted by Crippen LogP contribution is -2.51. The highest BCUT2D eigenvalue weighted by molar-refractivity contribution is 5.97. The van der Waals surface area contributed by atoms with Gasteiger partial charge in [-0.05, 0) is 66.2 Å². The molecule has 2 fully saturated rings. The first-order valence-electron chi connectivity index (χ1n) is 12.8. The van der Waals surface area contributed by atoms with Crippen molar-refractivity contribution in [1.82, 2.24) is 10.6 Å². The monoisotopic (exact) mass is 492 g/mol. The molecule has 0 aromatic carbocycles. The second kappa shape index (κ2) is 11.1. The van der Waals surface area contributed by atoms with E-state index in [1.807, 2.05) is 12.2 Å². The third kappa shape index (κ3) is 6.84. The van der Waals surface area contributed by atoms with Crippen molar-refractivity contribution in [3.8, 4) is 0 Å². The molecule has 0 spiro atoms. The molecule has 2 saturated carbocycles. The molecule has 1 aliphatic heterocycles. The van der Waals surface area contributed by atoms with Gasteiger partial charge < -0.3 is 25.2 Å². The number of amides is 2. The van der Waals surface area contributed by atoms with Crippen LogP contribution in [0.5, 0.6) is 0 Å². The quantitative estimate of drug-likeness (QED) is 0.408. The van der Waals surface area contributed by atoms with Crippen LogP contribution in [-0.2, 0) is 23.9 Å². The van der Waals surface area contributed by atoms with E-state index in [2.05, 4.69) is 10.6 Å². The number of allylic oxidation sites excluding steroid dienone is 1. The van der Waals surface area contributed by atoms with Crippen molar-refractivity contribution in [2.75, 3.05) is 6.61 Å². The number of fused-ring (bicyclic) bond motifs is 2. The van der Waals surface area contributed by atoms with Crippen LogP contribution in [0.2, 0.25) is 0 Å². The van der Waals surface area contributed by atoms with Crippen LogP contribution in [0.3, 0.4) is 0 Å². The Morgan fingerprint density at radius 1 is 1.17 bits per heavy atom. The van der Waals surface area contributed by atoms with Crippen LogP contribution >= 0.6 is 0 Å². The molecule has 0 radical (unpaired) electrons. The van der Waals surface area contributed by atoms with Crippen molar-refractivity contribution < 1.29 is 33.8 Å². The van der Waals surface area contributed by atoms with Crippen molar-refractivity contribution in [2.45, 2.75) is 102 Å². The van der Waals surface area contributed by atoms with Crippen molar-refractivity contribution in [3.63, 3.8) is 0 Å². The van der Waals surface area contributed by atoms with Crippen molar-refractivity contribution >= 4 is 23.8 Å². The van der Waals surface area contributed by atoms with Crippen LogP contribution in [0.4, 0.5) is 4.79 Å². The number of esters is 1. The van der Waals surface area contributed by atoms with Gasteiger partial charge in [0.25, 0.3) is 0 Å². The van der Waals surface area contributed by atoms with Gasteiger partial charge in [-0.25, -0.2) is 9.59 Å². The Morgan fingerprint density at radius 3 is 2.57 bits per heavy atom. The maximum absolute atomic E-state index is 13.6. The predicted molar refractivity (Wildman–Crippen MR) is 128 cm³/mol. The van der Waals surface area contributed by atoms with Crippen LogP contribution in [-0.4, -0.2) is 58.8 Å². The average molecular weight is 493 g/mol. The summed E-state index contributed by atoms with van der Waals surface area (Å²) in [6.45, 7) is 7.16. The van der Waals surface area contributed by atoms with E-state index in [1.165, 1.54) is 0 Å². The van der Waals surface area contributed by atoms with Gasteiger partial charge in [0, 0.05) is 11.8 Å². The van der Waals surface area contributed by atoms with Crippen LogP contribution in [0, 0.1) is 17.8 Å². The van der Waals surface area contributed by atoms with E-state index in [0.29, 0.717) is 12.8 Å². The highest BCUT2D eigenvalue weighted by Gasteiger charge is 2.62. The van der Waals surface area contributed by atoms with Gasteiger partial charge in [-0.15, -0.1) is 0 Å². The summed E-state index contributed by atoms with van der Waals surface area (Å²) in [6, 6.07) is -0.816. The number of Topliss-reactive ketones (excluding diaryl/α,β-unsaturated/α-hetero) is 1. The van der Waals surface area contributed by atoms with Gasteiger partial charge in [0.1, 0.15) is 11.1 Å². The zero-order valence-electron chi connectivity index (χ0n) is 21.3. The lowest BCUT2D eigenvalue weighted by molar-refractivity contribution is -0.150. The van der Waals surface area contributed by atoms with E-state index in [4.69, 9.17) is 9.47 Å². The zero-order valence-corrected chi connectivity index (χ0v) is 21.3. The molecule has 1 unspecified atom stereocenters. The average Bonchev–Trinajstić information content (AvgIpc) is 3.30. The zero-order chi connectivity index (χ0) is 25.8. The van der Waals surface area contributed by atoms with Gasteiger partial charge in [0.15, 0.2) is 5.78 Å². The lowest BCUT2D eigenvalue weighted by atomic mass is 9.86.